The van der Waals surface area contributed by atoms with Crippen LogP contribution in [0.4, 0.5) is 17.6 Å². The minimum Gasteiger partial charge on any atom is -0.462 e. The van der Waals surface area contributed by atoms with Gasteiger partial charge in [-0.2, -0.15) is 8.78 Å². The van der Waals surface area contributed by atoms with E-state index in [0.717, 1.165) is 6.20 Å². The maximum absolute atomic E-state index is 14.3. The Morgan fingerprint density at radius 2 is 2.09 bits per heavy atom. The van der Waals surface area contributed by atoms with E-state index in [1.165, 1.54) is 25.1 Å². The van der Waals surface area contributed by atoms with Crippen molar-refractivity contribution < 1.29 is 31.8 Å². The lowest BCUT2D eigenvalue weighted by molar-refractivity contribution is -0.0501. The Morgan fingerprint density at radius 3 is 2.75 bits per heavy atom. The first-order chi connectivity index (χ1) is 15.1. The molecule has 170 valence electrons. The molecule has 0 unspecified atom stereocenters. The highest BCUT2D eigenvalue weighted by Crippen LogP contribution is 2.56. The van der Waals surface area contributed by atoms with E-state index < -0.39 is 36.4 Å². The van der Waals surface area contributed by atoms with Gasteiger partial charge in [0.05, 0.1) is 6.20 Å². The lowest BCUT2D eigenvalue weighted by atomic mass is 9.83. The summed E-state index contributed by atoms with van der Waals surface area (Å²) in [4.78, 5) is 20.7. The minimum absolute atomic E-state index is 0.0577. The highest BCUT2D eigenvalue weighted by molar-refractivity contribution is 6.31. The average Bonchev–Trinajstić information content (AvgIpc) is 3.47. The number of aromatic nitrogens is 1. The van der Waals surface area contributed by atoms with E-state index in [1.54, 1.807) is 6.07 Å². The number of Topliss-reactive ketones (excluding diaryl/α,β-unsaturated/α-hetero) is 1. The lowest BCUT2D eigenvalue weighted by Crippen LogP contribution is -2.43. The molecule has 3 atom stereocenters. The molecule has 4 rings (SSSR count). The summed E-state index contributed by atoms with van der Waals surface area (Å²) in [6, 6.07) is 5.35. The summed E-state index contributed by atoms with van der Waals surface area (Å²) in [5, 5.41) is 0.0772. The van der Waals surface area contributed by atoms with Gasteiger partial charge in [-0.15, -0.1) is 0 Å². The van der Waals surface area contributed by atoms with Gasteiger partial charge >= 0.3 is 6.61 Å². The zero-order valence-corrected chi connectivity index (χ0v) is 17.5. The van der Waals surface area contributed by atoms with E-state index in [9.17, 15) is 22.4 Å². The molecule has 2 aliphatic rings. The zero-order chi connectivity index (χ0) is 23.2. The molecule has 1 aliphatic carbocycles. The van der Waals surface area contributed by atoms with Gasteiger partial charge in [-0.1, -0.05) is 23.7 Å². The van der Waals surface area contributed by atoms with Crippen LogP contribution in [0.15, 0.2) is 35.5 Å². The number of halogens is 5. The fourth-order valence-corrected chi connectivity index (χ4v) is 4.34. The first-order valence-electron chi connectivity index (χ1n) is 9.65. The van der Waals surface area contributed by atoms with Crippen LogP contribution >= 0.6 is 11.6 Å². The predicted molar refractivity (Wildman–Crippen MR) is 107 cm³/mol. The number of carbonyl (C=O) groups is 1. The second kappa shape index (κ2) is 8.23. The van der Waals surface area contributed by atoms with Crippen molar-refractivity contribution in [3.05, 3.63) is 57.9 Å². The third-order valence-corrected chi connectivity index (χ3v) is 5.90. The van der Waals surface area contributed by atoms with Gasteiger partial charge in [0.2, 0.25) is 0 Å². The first-order valence-corrected chi connectivity index (χ1v) is 10.0. The number of hydrogen-bond acceptors (Lipinski definition) is 6. The molecule has 32 heavy (non-hydrogen) atoms. The Kier molecular flexibility index (Phi) is 5.74. The van der Waals surface area contributed by atoms with Gasteiger partial charge in [0.15, 0.2) is 11.3 Å². The van der Waals surface area contributed by atoms with Crippen LogP contribution in [0.3, 0.4) is 0 Å². The van der Waals surface area contributed by atoms with Crippen molar-refractivity contribution in [1.29, 1.82) is 0 Å². The maximum atomic E-state index is 14.3. The van der Waals surface area contributed by atoms with Gasteiger partial charge < -0.3 is 15.2 Å². The van der Waals surface area contributed by atoms with Crippen LogP contribution in [-0.2, 0) is 16.7 Å². The molecule has 0 saturated heterocycles. The van der Waals surface area contributed by atoms with Gasteiger partial charge in [-0.3, -0.25) is 4.79 Å². The Morgan fingerprint density at radius 1 is 1.34 bits per heavy atom. The predicted octanol–water partition coefficient (Wildman–Crippen LogP) is 4.26. The van der Waals surface area contributed by atoms with E-state index in [1.807, 2.05) is 0 Å². The Labute approximate surface area is 185 Å². The number of nitrogens with two attached hydrogens (primary N) is 1. The van der Waals surface area contributed by atoms with E-state index >= 15 is 0 Å². The van der Waals surface area contributed by atoms with E-state index in [4.69, 9.17) is 22.1 Å². The first kappa shape index (κ1) is 22.3. The molecule has 2 N–H and O–H groups in total. The third kappa shape index (κ3) is 3.99. The van der Waals surface area contributed by atoms with Crippen LogP contribution in [0, 0.1) is 12.8 Å². The molecule has 1 fully saturated rings. The fraction of sp³-hybridized carbons (Fsp3) is 0.381. The lowest BCUT2D eigenvalue weighted by Gasteiger charge is -2.33. The molecule has 6 nitrogen and oxygen atoms in total. The quantitative estimate of drug-likeness (QED) is 0.481. The molecule has 1 aliphatic heterocycles. The number of fused-ring (bicyclic) bond motifs is 1. The molecule has 0 bridgehead atoms. The van der Waals surface area contributed by atoms with E-state index in [0.29, 0.717) is 17.5 Å². The molecule has 2 aromatic rings. The molecule has 1 saturated carbocycles. The number of nitrogens with zero attached hydrogens (tertiary/aromatic N) is 2. The fourth-order valence-electron chi connectivity index (χ4n) is 4.07. The Bertz CT molecular complexity index is 1100. The number of rotatable bonds is 7. The molecule has 2 heterocycles. The molecular weight excluding hydrogens is 454 g/mol. The number of benzene rings is 1. The normalized spacial score (nSPS) is 24.1. The van der Waals surface area contributed by atoms with Crippen molar-refractivity contribution in [2.24, 2.45) is 16.6 Å². The topological polar surface area (TPSA) is 86.8 Å². The summed E-state index contributed by atoms with van der Waals surface area (Å²) in [7, 11) is 0. The van der Waals surface area contributed by atoms with Crippen LogP contribution in [-0.4, -0.2) is 35.9 Å². The summed E-state index contributed by atoms with van der Waals surface area (Å²) in [5.41, 5.74) is 4.58. The summed E-state index contributed by atoms with van der Waals surface area (Å²) < 4.78 is 62.9. The second-order valence-corrected chi connectivity index (χ2v) is 8.11. The van der Waals surface area contributed by atoms with Crippen molar-refractivity contribution in [2.45, 2.75) is 44.4 Å². The monoisotopic (exact) mass is 471 g/mol. The van der Waals surface area contributed by atoms with E-state index in [-0.39, 0.29) is 34.5 Å². The van der Waals surface area contributed by atoms with Crippen molar-refractivity contribution in [3.63, 3.8) is 0 Å². The number of hydrogen-bond donors (Lipinski definition) is 1. The molecular formula is C21H18ClF4N3O3. The maximum Gasteiger partial charge on any atom is 0.387 e. The van der Waals surface area contributed by atoms with Crippen LogP contribution in [0.25, 0.3) is 0 Å². The number of amidine groups is 1. The highest BCUT2D eigenvalue weighted by Gasteiger charge is 2.64. The standard InChI is InChI=1S/C21H18ClF4N3O3/c1-9-4-11(31-19(25)26)8-28-17(9)15(30)6-10-2-3-14(22)12(5-10)21(18(23)24)13-7-16(13)32-20(27)29-21/h2-5,8,13,16,18-19H,6-7H2,1H3,(H2,27,29)/t13-,16+,21+/m0/s1. The number of carbonyl (C=O) groups excluding carboxylic acids is 1. The van der Waals surface area contributed by atoms with Crippen molar-refractivity contribution in [3.8, 4) is 5.75 Å². The Hall–Kier alpha value is -2.88. The molecule has 0 radical (unpaired) electrons. The third-order valence-electron chi connectivity index (χ3n) is 5.57. The second-order valence-electron chi connectivity index (χ2n) is 7.70. The summed E-state index contributed by atoms with van der Waals surface area (Å²) >= 11 is 6.28. The molecule has 0 amide bonds. The molecule has 11 heteroatoms. The number of aryl methyl sites for hydroxylation is 1. The highest BCUT2D eigenvalue weighted by atomic mass is 35.5. The molecule has 1 aromatic heterocycles. The largest absolute Gasteiger partial charge is 0.462 e. The Balaban J connectivity index is 1.64. The van der Waals surface area contributed by atoms with Crippen LogP contribution in [0.5, 0.6) is 5.75 Å². The van der Waals surface area contributed by atoms with Gasteiger partial charge in [0.1, 0.15) is 17.5 Å². The number of ketones is 1. The number of alkyl halides is 4. The van der Waals surface area contributed by atoms with Gasteiger partial charge in [0, 0.05) is 22.9 Å². The van der Waals surface area contributed by atoms with Crippen molar-refractivity contribution in [1.82, 2.24) is 4.98 Å². The van der Waals surface area contributed by atoms with Crippen LogP contribution < -0.4 is 10.5 Å². The zero-order valence-electron chi connectivity index (χ0n) is 16.7. The van der Waals surface area contributed by atoms with Crippen LogP contribution in [0.2, 0.25) is 5.02 Å². The number of aliphatic imine (C=N–C) groups is 1. The van der Waals surface area contributed by atoms with Gasteiger partial charge in [-0.05, 0) is 36.6 Å². The van der Waals surface area contributed by atoms with Gasteiger partial charge in [-0.25, -0.2) is 18.8 Å². The van der Waals surface area contributed by atoms with Gasteiger partial charge in [0.25, 0.3) is 12.4 Å². The summed E-state index contributed by atoms with van der Waals surface area (Å²) in [6.45, 7) is -1.48. The van der Waals surface area contributed by atoms with Crippen molar-refractivity contribution >= 4 is 23.4 Å². The average molecular weight is 472 g/mol. The minimum atomic E-state index is -3.01. The van der Waals surface area contributed by atoms with Crippen LogP contribution in [0.1, 0.15) is 33.6 Å². The number of ether oxygens (including phenoxy) is 2. The SMILES string of the molecule is Cc1cc(OC(F)F)cnc1C(=O)Cc1ccc(Cl)c([C@@]2(C(F)F)N=C(N)O[C@@H]3C[C@@H]32)c1. The number of pyridine rings is 1. The van der Waals surface area contributed by atoms with E-state index in [2.05, 4.69) is 14.7 Å². The smallest absolute Gasteiger partial charge is 0.387 e. The molecule has 1 aromatic carbocycles. The summed E-state index contributed by atoms with van der Waals surface area (Å²) in [5.74, 6) is -1.18. The van der Waals surface area contributed by atoms with Crippen molar-refractivity contribution in [2.75, 3.05) is 0 Å². The summed E-state index contributed by atoms with van der Waals surface area (Å²) in [6.07, 6.45) is -2.13. The molecule has 0 spiro atoms.